The molecular formula is C16H24O2. The fourth-order valence-electron chi connectivity index (χ4n) is 2.59. The predicted octanol–water partition coefficient (Wildman–Crippen LogP) is 4.06. The van der Waals surface area contributed by atoms with Crippen LogP contribution in [0.25, 0.3) is 0 Å². The molecule has 2 rings (SSSR count). The molecule has 1 aromatic carbocycles. The molecule has 0 aromatic heterocycles. The maximum atomic E-state index is 10.5. The van der Waals surface area contributed by atoms with Crippen molar-refractivity contribution >= 4 is 0 Å². The summed E-state index contributed by atoms with van der Waals surface area (Å²) in [6.45, 7) is 2.19. The van der Waals surface area contributed by atoms with Crippen LogP contribution in [0.15, 0.2) is 24.3 Å². The molecule has 2 nitrogen and oxygen atoms in total. The van der Waals surface area contributed by atoms with E-state index in [-0.39, 0.29) is 0 Å². The van der Waals surface area contributed by atoms with Gasteiger partial charge in [0.1, 0.15) is 5.75 Å². The maximum Gasteiger partial charge on any atom is 0.208 e. The summed E-state index contributed by atoms with van der Waals surface area (Å²) < 4.78 is 5.93. The van der Waals surface area contributed by atoms with Crippen molar-refractivity contribution in [1.29, 1.82) is 0 Å². The lowest BCUT2D eigenvalue weighted by Gasteiger charge is -2.33. The fourth-order valence-corrected chi connectivity index (χ4v) is 2.59. The first-order valence-electron chi connectivity index (χ1n) is 7.23. The topological polar surface area (TPSA) is 29.5 Å². The van der Waals surface area contributed by atoms with Crippen molar-refractivity contribution in [3.8, 4) is 5.75 Å². The minimum atomic E-state index is -0.930. The van der Waals surface area contributed by atoms with Crippen LogP contribution in [0.4, 0.5) is 0 Å². The summed E-state index contributed by atoms with van der Waals surface area (Å²) in [5.74, 6) is -0.0593. The quantitative estimate of drug-likeness (QED) is 0.796. The van der Waals surface area contributed by atoms with Crippen molar-refractivity contribution in [3.63, 3.8) is 0 Å². The van der Waals surface area contributed by atoms with Crippen molar-refractivity contribution in [3.05, 3.63) is 29.8 Å². The van der Waals surface area contributed by atoms with Crippen LogP contribution in [0, 0.1) is 0 Å². The Balaban J connectivity index is 2.07. The van der Waals surface area contributed by atoms with Crippen LogP contribution in [0.3, 0.4) is 0 Å². The van der Waals surface area contributed by atoms with Gasteiger partial charge in [0.15, 0.2) is 0 Å². The van der Waals surface area contributed by atoms with Crippen LogP contribution in [-0.2, 0) is 6.42 Å². The second-order valence-electron chi connectivity index (χ2n) is 5.32. The Bertz CT molecular complexity index is 367. The average molecular weight is 248 g/mol. The predicted molar refractivity (Wildman–Crippen MR) is 73.7 cm³/mol. The highest BCUT2D eigenvalue weighted by molar-refractivity contribution is 5.33. The molecule has 0 bridgehead atoms. The number of benzene rings is 1. The highest BCUT2D eigenvalue weighted by Gasteiger charge is 2.31. The largest absolute Gasteiger partial charge is 0.462 e. The SMILES string of the molecule is CCCCc1ccccc1OC1(O)CCCCC1. The van der Waals surface area contributed by atoms with Gasteiger partial charge in [0.25, 0.3) is 0 Å². The third-order valence-electron chi connectivity index (χ3n) is 3.71. The normalized spacial score (nSPS) is 18.6. The molecular weight excluding hydrogens is 224 g/mol. The minimum absolute atomic E-state index is 0.759. The van der Waals surface area contributed by atoms with E-state index in [0.717, 1.165) is 37.9 Å². The zero-order valence-electron chi connectivity index (χ0n) is 11.3. The van der Waals surface area contributed by atoms with Crippen molar-refractivity contribution < 1.29 is 9.84 Å². The third-order valence-corrected chi connectivity index (χ3v) is 3.71. The minimum Gasteiger partial charge on any atom is -0.462 e. The van der Waals surface area contributed by atoms with Gasteiger partial charge in [0, 0.05) is 12.8 Å². The van der Waals surface area contributed by atoms with Gasteiger partial charge in [-0.25, -0.2) is 0 Å². The molecule has 0 radical (unpaired) electrons. The monoisotopic (exact) mass is 248 g/mol. The van der Waals surface area contributed by atoms with Crippen LogP contribution < -0.4 is 4.74 Å². The van der Waals surface area contributed by atoms with Gasteiger partial charge in [0.05, 0.1) is 0 Å². The van der Waals surface area contributed by atoms with Gasteiger partial charge >= 0.3 is 0 Å². The number of rotatable bonds is 5. The van der Waals surface area contributed by atoms with E-state index in [1.165, 1.54) is 24.8 Å². The van der Waals surface area contributed by atoms with Crippen molar-refractivity contribution in [1.82, 2.24) is 0 Å². The zero-order chi connectivity index (χ0) is 12.8. The first kappa shape index (κ1) is 13.4. The van der Waals surface area contributed by atoms with Gasteiger partial charge in [-0.1, -0.05) is 38.0 Å². The summed E-state index contributed by atoms with van der Waals surface area (Å²) in [5, 5.41) is 10.5. The Kier molecular flexibility index (Phi) is 4.65. The molecule has 0 aliphatic heterocycles. The fraction of sp³-hybridized carbons (Fsp3) is 0.625. The molecule has 0 amide bonds. The van der Waals surface area contributed by atoms with Crippen LogP contribution in [0.5, 0.6) is 5.75 Å². The van der Waals surface area contributed by atoms with Gasteiger partial charge in [-0.05, 0) is 37.3 Å². The average Bonchev–Trinajstić information content (AvgIpc) is 2.38. The number of aliphatic hydroxyl groups is 1. The van der Waals surface area contributed by atoms with E-state index in [1.807, 2.05) is 18.2 Å². The molecule has 0 unspecified atom stereocenters. The number of hydrogen-bond donors (Lipinski definition) is 1. The smallest absolute Gasteiger partial charge is 0.208 e. The molecule has 1 aromatic rings. The third kappa shape index (κ3) is 3.49. The molecule has 1 saturated carbocycles. The number of aryl methyl sites for hydroxylation is 1. The Morgan fingerprint density at radius 1 is 1.17 bits per heavy atom. The first-order valence-corrected chi connectivity index (χ1v) is 7.23. The van der Waals surface area contributed by atoms with E-state index < -0.39 is 5.79 Å². The molecule has 0 heterocycles. The van der Waals surface area contributed by atoms with Crippen LogP contribution in [-0.4, -0.2) is 10.9 Å². The molecule has 0 atom stereocenters. The maximum absolute atomic E-state index is 10.5. The lowest BCUT2D eigenvalue weighted by molar-refractivity contribution is -0.159. The van der Waals surface area contributed by atoms with E-state index in [9.17, 15) is 5.11 Å². The van der Waals surface area contributed by atoms with Gasteiger partial charge in [-0.15, -0.1) is 0 Å². The molecule has 0 saturated heterocycles. The first-order chi connectivity index (χ1) is 8.73. The summed E-state index contributed by atoms with van der Waals surface area (Å²) in [6, 6.07) is 8.12. The van der Waals surface area contributed by atoms with Crippen LogP contribution >= 0.6 is 0 Å². The van der Waals surface area contributed by atoms with Gasteiger partial charge in [0.2, 0.25) is 5.79 Å². The highest BCUT2D eigenvalue weighted by Crippen LogP contribution is 2.32. The van der Waals surface area contributed by atoms with Gasteiger partial charge in [-0.3, -0.25) is 0 Å². The van der Waals surface area contributed by atoms with Crippen LogP contribution in [0.1, 0.15) is 57.4 Å². The van der Waals surface area contributed by atoms with Crippen molar-refractivity contribution in [2.75, 3.05) is 0 Å². The molecule has 1 N–H and O–H groups in total. The molecule has 100 valence electrons. The standard InChI is InChI=1S/C16H24O2/c1-2-3-9-14-10-5-6-11-15(14)18-16(17)12-7-4-8-13-16/h5-6,10-11,17H,2-4,7-9,12-13H2,1H3. The Morgan fingerprint density at radius 2 is 1.89 bits per heavy atom. The van der Waals surface area contributed by atoms with Crippen LogP contribution in [0.2, 0.25) is 0 Å². The van der Waals surface area contributed by atoms with E-state index in [2.05, 4.69) is 13.0 Å². The second-order valence-corrected chi connectivity index (χ2v) is 5.32. The highest BCUT2D eigenvalue weighted by atomic mass is 16.6. The molecule has 0 spiro atoms. The Labute approximate surface area is 110 Å². The molecule has 18 heavy (non-hydrogen) atoms. The second kappa shape index (κ2) is 6.24. The molecule has 2 heteroatoms. The number of unbranched alkanes of at least 4 members (excludes halogenated alkanes) is 1. The van der Waals surface area contributed by atoms with Crippen molar-refractivity contribution in [2.24, 2.45) is 0 Å². The molecule has 1 aliphatic carbocycles. The summed E-state index contributed by atoms with van der Waals surface area (Å²) in [7, 11) is 0. The van der Waals surface area contributed by atoms with Gasteiger partial charge < -0.3 is 9.84 Å². The number of para-hydroxylation sites is 1. The summed E-state index contributed by atoms with van der Waals surface area (Å²) >= 11 is 0. The lowest BCUT2D eigenvalue weighted by atomic mass is 9.94. The molecule has 1 aliphatic rings. The van der Waals surface area contributed by atoms with E-state index in [1.54, 1.807) is 0 Å². The lowest BCUT2D eigenvalue weighted by Crippen LogP contribution is -2.38. The molecule has 1 fully saturated rings. The zero-order valence-corrected chi connectivity index (χ0v) is 11.3. The van der Waals surface area contributed by atoms with E-state index in [4.69, 9.17) is 4.74 Å². The Hall–Kier alpha value is -1.02. The van der Waals surface area contributed by atoms with Crippen molar-refractivity contribution in [2.45, 2.75) is 64.1 Å². The summed E-state index contributed by atoms with van der Waals surface area (Å²) in [4.78, 5) is 0. The van der Waals surface area contributed by atoms with E-state index >= 15 is 0 Å². The van der Waals surface area contributed by atoms with Gasteiger partial charge in [-0.2, -0.15) is 0 Å². The van der Waals surface area contributed by atoms with E-state index in [0.29, 0.717) is 0 Å². The summed E-state index contributed by atoms with van der Waals surface area (Å²) in [5.41, 5.74) is 1.22. The Morgan fingerprint density at radius 3 is 2.61 bits per heavy atom. The number of ether oxygens (including phenoxy) is 1. The summed E-state index contributed by atoms with van der Waals surface area (Å²) in [6.07, 6.45) is 8.23. The number of hydrogen-bond acceptors (Lipinski definition) is 2.